The molecule has 0 saturated carbocycles. The fraction of sp³-hybridized carbons (Fsp3) is 0.450. The molecule has 0 unspecified atom stereocenters. The van der Waals surface area contributed by atoms with Crippen LogP contribution in [-0.4, -0.2) is 60.5 Å². The Morgan fingerprint density at radius 2 is 1.76 bits per heavy atom. The minimum absolute atomic E-state index is 0.688. The van der Waals surface area contributed by atoms with Gasteiger partial charge < -0.3 is 14.2 Å². The van der Waals surface area contributed by atoms with Crippen LogP contribution in [0.3, 0.4) is 0 Å². The van der Waals surface area contributed by atoms with Crippen molar-refractivity contribution in [2.75, 3.05) is 39.8 Å². The predicted octanol–water partition coefficient (Wildman–Crippen LogP) is 3.07. The van der Waals surface area contributed by atoms with Gasteiger partial charge in [0.05, 0.1) is 12.8 Å². The Balaban J connectivity index is 1.78. The number of hydrogen-bond donors (Lipinski definition) is 0. The molecule has 0 amide bonds. The van der Waals surface area contributed by atoms with Crippen molar-refractivity contribution in [1.82, 2.24) is 14.5 Å². The van der Waals surface area contributed by atoms with Gasteiger partial charge in [0.2, 0.25) is 0 Å². The van der Waals surface area contributed by atoms with Crippen LogP contribution in [0.15, 0.2) is 35.4 Å². The molecule has 1 aromatic heterocycles. The zero-order valence-electron chi connectivity index (χ0n) is 15.7. The number of benzene rings is 1. The molecule has 134 valence electrons. The smallest absolute Gasteiger partial charge is 0.119 e. The van der Waals surface area contributed by atoms with Crippen molar-refractivity contribution in [1.29, 1.82) is 0 Å². The highest BCUT2D eigenvalue weighted by atomic mass is 16.5. The number of aryl methyl sites for hydroxylation is 1. The zero-order valence-corrected chi connectivity index (χ0v) is 15.7. The minimum Gasteiger partial charge on any atom is -0.494 e. The Bertz CT molecular complexity index is 725. The molecule has 5 heteroatoms. The van der Waals surface area contributed by atoms with E-state index in [-0.39, 0.29) is 0 Å². The first-order chi connectivity index (χ1) is 12.1. The maximum Gasteiger partial charge on any atom is 0.119 e. The third kappa shape index (κ3) is 4.04. The van der Waals surface area contributed by atoms with Gasteiger partial charge in [-0.15, -0.1) is 0 Å². The molecule has 1 aliphatic heterocycles. The zero-order chi connectivity index (χ0) is 17.8. The first-order valence-corrected chi connectivity index (χ1v) is 8.98. The number of hydrazone groups is 1. The predicted molar refractivity (Wildman–Crippen MR) is 103 cm³/mol. The number of likely N-dealkylation sites (N-methyl/N-ethyl adjacent to an activating group) is 1. The van der Waals surface area contributed by atoms with Crippen LogP contribution in [0.2, 0.25) is 0 Å². The standard InChI is InChI=1S/C20H28N4O/c1-5-25-20-8-6-19(7-9-20)24-16(2)14-18(17(24)3)15-21-23-12-10-22(4)11-13-23/h6-9,14-15H,5,10-13H2,1-4H3. The molecule has 1 fully saturated rings. The molecule has 0 atom stereocenters. The number of nitrogens with zero attached hydrogens (tertiary/aromatic N) is 4. The summed E-state index contributed by atoms with van der Waals surface area (Å²) in [5, 5.41) is 6.84. The number of piperazine rings is 1. The summed E-state index contributed by atoms with van der Waals surface area (Å²) >= 11 is 0. The lowest BCUT2D eigenvalue weighted by Crippen LogP contribution is -2.41. The van der Waals surface area contributed by atoms with E-state index in [4.69, 9.17) is 4.74 Å². The second-order valence-corrected chi connectivity index (χ2v) is 6.59. The third-order valence-corrected chi connectivity index (χ3v) is 4.72. The van der Waals surface area contributed by atoms with Crippen LogP contribution in [-0.2, 0) is 0 Å². The van der Waals surface area contributed by atoms with Gasteiger partial charge in [0.1, 0.15) is 5.75 Å². The number of aromatic nitrogens is 1. The second-order valence-electron chi connectivity index (χ2n) is 6.59. The van der Waals surface area contributed by atoms with E-state index in [1.165, 1.54) is 17.0 Å². The van der Waals surface area contributed by atoms with E-state index in [1.807, 2.05) is 25.3 Å². The number of rotatable bonds is 5. The highest BCUT2D eigenvalue weighted by Crippen LogP contribution is 2.22. The van der Waals surface area contributed by atoms with E-state index >= 15 is 0 Å². The van der Waals surface area contributed by atoms with E-state index in [1.54, 1.807) is 0 Å². The Kier molecular flexibility index (Phi) is 5.43. The normalized spacial score (nSPS) is 15.9. The topological polar surface area (TPSA) is 33.0 Å². The lowest BCUT2D eigenvalue weighted by molar-refractivity contribution is 0.159. The molecule has 0 bridgehead atoms. The van der Waals surface area contributed by atoms with Crippen molar-refractivity contribution >= 4 is 6.21 Å². The molecular weight excluding hydrogens is 312 g/mol. The summed E-state index contributed by atoms with van der Waals surface area (Å²) in [5.74, 6) is 0.908. The monoisotopic (exact) mass is 340 g/mol. The first kappa shape index (κ1) is 17.5. The summed E-state index contributed by atoms with van der Waals surface area (Å²) in [5.41, 5.74) is 4.74. The maximum atomic E-state index is 5.54. The van der Waals surface area contributed by atoms with Gasteiger partial charge in [-0.2, -0.15) is 5.10 Å². The quantitative estimate of drug-likeness (QED) is 0.784. The number of ether oxygens (including phenoxy) is 1. The van der Waals surface area contributed by atoms with Crippen LogP contribution >= 0.6 is 0 Å². The minimum atomic E-state index is 0.688. The molecule has 2 heterocycles. The summed E-state index contributed by atoms with van der Waals surface area (Å²) in [6, 6.07) is 10.5. The lowest BCUT2D eigenvalue weighted by Gasteiger charge is -2.30. The van der Waals surface area contributed by atoms with Crippen molar-refractivity contribution < 1.29 is 4.74 Å². The van der Waals surface area contributed by atoms with Crippen LogP contribution in [0.1, 0.15) is 23.9 Å². The van der Waals surface area contributed by atoms with Gasteiger partial charge in [-0.3, -0.25) is 5.01 Å². The van der Waals surface area contributed by atoms with Crippen molar-refractivity contribution in [2.24, 2.45) is 5.10 Å². The molecule has 1 saturated heterocycles. The molecule has 1 aromatic carbocycles. The van der Waals surface area contributed by atoms with Crippen molar-refractivity contribution in [3.63, 3.8) is 0 Å². The maximum absolute atomic E-state index is 5.54. The van der Waals surface area contributed by atoms with Crippen molar-refractivity contribution in [3.05, 3.63) is 47.3 Å². The van der Waals surface area contributed by atoms with Crippen molar-refractivity contribution in [2.45, 2.75) is 20.8 Å². The molecule has 5 nitrogen and oxygen atoms in total. The fourth-order valence-electron chi connectivity index (χ4n) is 3.23. The number of hydrogen-bond acceptors (Lipinski definition) is 4. The molecule has 0 radical (unpaired) electrons. The molecule has 1 aliphatic rings. The third-order valence-electron chi connectivity index (χ3n) is 4.72. The summed E-state index contributed by atoms with van der Waals surface area (Å²) in [4.78, 5) is 2.34. The SMILES string of the molecule is CCOc1ccc(-n2c(C)cc(C=NN3CCN(C)CC3)c2C)cc1. The molecule has 25 heavy (non-hydrogen) atoms. The van der Waals surface area contributed by atoms with Crippen LogP contribution < -0.4 is 4.74 Å². The average Bonchev–Trinajstić information content (AvgIpc) is 2.89. The van der Waals surface area contributed by atoms with E-state index in [0.717, 1.165) is 37.6 Å². The molecule has 3 rings (SSSR count). The molecule has 0 N–H and O–H groups in total. The molecule has 0 aliphatic carbocycles. The van der Waals surface area contributed by atoms with Crippen LogP contribution in [0, 0.1) is 13.8 Å². The van der Waals surface area contributed by atoms with Gasteiger partial charge in [-0.1, -0.05) is 0 Å². The van der Waals surface area contributed by atoms with E-state index in [9.17, 15) is 0 Å². The highest BCUT2D eigenvalue weighted by molar-refractivity contribution is 5.82. The van der Waals surface area contributed by atoms with Gasteiger partial charge in [-0.05, 0) is 58.2 Å². The molecular formula is C20H28N4O. The van der Waals surface area contributed by atoms with Crippen molar-refractivity contribution in [3.8, 4) is 11.4 Å². The fourth-order valence-corrected chi connectivity index (χ4v) is 3.23. The summed E-state index contributed by atoms with van der Waals surface area (Å²) in [6.07, 6.45) is 2.00. The van der Waals surface area contributed by atoms with Gasteiger partial charge >= 0.3 is 0 Å². The Morgan fingerprint density at radius 3 is 2.40 bits per heavy atom. The Morgan fingerprint density at radius 1 is 1.08 bits per heavy atom. The lowest BCUT2D eigenvalue weighted by atomic mass is 10.2. The van der Waals surface area contributed by atoms with E-state index in [2.05, 4.69) is 58.7 Å². The largest absolute Gasteiger partial charge is 0.494 e. The average molecular weight is 340 g/mol. The molecule has 2 aromatic rings. The van der Waals surface area contributed by atoms with Crippen LogP contribution in [0.5, 0.6) is 5.75 Å². The second kappa shape index (κ2) is 7.74. The van der Waals surface area contributed by atoms with E-state index < -0.39 is 0 Å². The van der Waals surface area contributed by atoms with Gasteiger partial charge in [-0.25, -0.2) is 0 Å². The van der Waals surface area contributed by atoms with Gasteiger partial charge in [0, 0.05) is 48.8 Å². The summed E-state index contributed by atoms with van der Waals surface area (Å²) in [6.45, 7) is 11.1. The highest BCUT2D eigenvalue weighted by Gasteiger charge is 2.13. The van der Waals surface area contributed by atoms with Gasteiger partial charge in [0.15, 0.2) is 0 Å². The Hall–Kier alpha value is -2.27. The van der Waals surface area contributed by atoms with Gasteiger partial charge in [0.25, 0.3) is 0 Å². The van der Waals surface area contributed by atoms with E-state index in [0.29, 0.717) is 6.61 Å². The van der Waals surface area contributed by atoms with Crippen LogP contribution in [0.4, 0.5) is 0 Å². The Labute approximate surface area is 150 Å². The van der Waals surface area contributed by atoms with Crippen LogP contribution in [0.25, 0.3) is 5.69 Å². The summed E-state index contributed by atoms with van der Waals surface area (Å²) in [7, 11) is 2.16. The first-order valence-electron chi connectivity index (χ1n) is 8.98. The summed E-state index contributed by atoms with van der Waals surface area (Å²) < 4.78 is 7.80. The molecule has 0 spiro atoms.